The smallest absolute Gasteiger partial charge is 0.191 e. The number of ether oxygens (including phenoxy) is 1. The molecule has 0 aliphatic rings. The molecule has 0 spiro atoms. The summed E-state index contributed by atoms with van der Waals surface area (Å²) in [6, 6.07) is 14.7. The molecule has 0 radical (unpaired) electrons. The van der Waals surface area contributed by atoms with E-state index in [-0.39, 0.29) is 0 Å². The third kappa shape index (κ3) is 5.02. The van der Waals surface area contributed by atoms with Crippen molar-refractivity contribution in [1.29, 1.82) is 0 Å². The van der Waals surface area contributed by atoms with Crippen LogP contribution in [0, 0.1) is 13.8 Å². The second-order valence-electron chi connectivity index (χ2n) is 5.58. The number of aliphatic imine (C=N–C) groups is 1. The third-order valence-corrected chi connectivity index (χ3v) is 3.69. The summed E-state index contributed by atoms with van der Waals surface area (Å²) < 4.78 is 5.43. The highest BCUT2D eigenvalue weighted by Crippen LogP contribution is 2.19. The number of guanidine groups is 1. The minimum atomic E-state index is 0.664. The van der Waals surface area contributed by atoms with Crippen LogP contribution in [0.15, 0.2) is 47.5 Å². The van der Waals surface area contributed by atoms with Crippen molar-refractivity contribution in [3.05, 3.63) is 64.7 Å². The SMILES string of the molecule is CN=C(NCc1ccc(C)cc1)NCc1ccc(C)cc1OC. The Balaban J connectivity index is 1.91. The number of nitrogens with zero attached hydrogens (tertiary/aromatic N) is 1. The highest BCUT2D eigenvalue weighted by molar-refractivity contribution is 5.79. The van der Waals surface area contributed by atoms with E-state index in [1.807, 2.05) is 6.07 Å². The monoisotopic (exact) mass is 311 g/mol. The quantitative estimate of drug-likeness (QED) is 0.658. The van der Waals surface area contributed by atoms with E-state index in [2.05, 4.69) is 65.9 Å². The van der Waals surface area contributed by atoms with E-state index in [1.54, 1.807) is 14.2 Å². The summed E-state index contributed by atoms with van der Waals surface area (Å²) >= 11 is 0. The average Bonchev–Trinajstić information content (AvgIpc) is 2.57. The molecule has 2 rings (SSSR count). The molecule has 2 N–H and O–H groups in total. The van der Waals surface area contributed by atoms with Crippen molar-refractivity contribution in [3.63, 3.8) is 0 Å². The Morgan fingerprint density at radius 1 is 0.957 bits per heavy atom. The first-order valence-electron chi connectivity index (χ1n) is 7.76. The predicted molar refractivity (Wildman–Crippen MR) is 95.9 cm³/mol. The van der Waals surface area contributed by atoms with Crippen LogP contribution in [0.1, 0.15) is 22.3 Å². The number of aryl methyl sites for hydroxylation is 2. The van der Waals surface area contributed by atoms with Gasteiger partial charge in [0.2, 0.25) is 0 Å². The zero-order valence-corrected chi connectivity index (χ0v) is 14.3. The van der Waals surface area contributed by atoms with Gasteiger partial charge in [-0.1, -0.05) is 42.0 Å². The van der Waals surface area contributed by atoms with Gasteiger partial charge in [-0.25, -0.2) is 0 Å². The van der Waals surface area contributed by atoms with Gasteiger partial charge in [-0.05, 0) is 31.0 Å². The second-order valence-corrected chi connectivity index (χ2v) is 5.58. The topological polar surface area (TPSA) is 45.7 Å². The predicted octanol–water partition coefficient (Wildman–Crippen LogP) is 3.18. The fraction of sp³-hybridized carbons (Fsp3) is 0.316. The molecule has 0 fully saturated rings. The molecule has 0 heterocycles. The lowest BCUT2D eigenvalue weighted by Crippen LogP contribution is -2.36. The van der Waals surface area contributed by atoms with E-state index in [4.69, 9.17) is 4.74 Å². The van der Waals surface area contributed by atoms with E-state index in [0.717, 1.165) is 23.8 Å². The molecule has 0 saturated heterocycles. The van der Waals surface area contributed by atoms with Crippen LogP contribution in [0.25, 0.3) is 0 Å². The number of rotatable bonds is 5. The van der Waals surface area contributed by atoms with Gasteiger partial charge in [0.25, 0.3) is 0 Å². The number of hydrogen-bond donors (Lipinski definition) is 2. The van der Waals surface area contributed by atoms with Gasteiger partial charge in [-0.15, -0.1) is 0 Å². The van der Waals surface area contributed by atoms with E-state index in [1.165, 1.54) is 16.7 Å². The Morgan fingerprint density at radius 3 is 2.26 bits per heavy atom. The molecule has 23 heavy (non-hydrogen) atoms. The van der Waals surface area contributed by atoms with Crippen LogP contribution in [0.4, 0.5) is 0 Å². The fourth-order valence-corrected chi connectivity index (χ4v) is 2.29. The second kappa shape index (κ2) is 8.22. The maximum atomic E-state index is 5.43. The van der Waals surface area contributed by atoms with Gasteiger partial charge in [0.1, 0.15) is 5.75 Å². The lowest BCUT2D eigenvalue weighted by Gasteiger charge is -2.14. The van der Waals surface area contributed by atoms with Crippen LogP contribution < -0.4 is 15.4 Å². The summed E-state index contributed by atoms with van der Waals surface area (Å²) in [5.41, 5.74) is 4.79. The van der Waals surface area contributed by atoms with Crippen molar-refractivity contribution in [3.8, 4) is 5.75 Å². The Hall–Kier alpha value is -2.49. The van der Waals surface area contributed by atoms with Crippen molar-refractivity contribution in [1.82, 2.24) is 10.6 Å². The zero-order valence-electron chi connectivity index (χ0n) is 14.3. The molecular formula is C19H25N3O. The van der Waals surface area contributed by atoms with Gasteiger partial charge in [0.15, 0.2) is 5.96 Å². The Labute approximate surface area is 138 Å². The fourth-order valence-electron chi connectivity index (χ4n) is 2.29. The lowest BCUT2D eigenvalue weighted by molar-refractivity contribution is 0.408. The van der Waals surface area contributed by atoms with Crippen molar-refractivity contribution in [2.75, 3.05) is 14.2 Å². The van der Waals surface area contributed by atoms with Crippen molar-refractivity contribution in [2.24, 2.45) is 4.99 Å². The van der Waals surface area contributed by atoms with Crippen molar-refractivity contribution < 1.29 is 4.74 Å². The third-order valence-electron chi connectivity index (χ3n) is 3.69. The molecule has 0 aliphatic carbocycles. The highest BCUT2D eigenvalue weighted by Gasteiger charge is 2.04. The number of hydrogen-bond acceptors (Lipinski definition) is 2. The Kier molecular flexibility index (Phi) is 6.03. The number of methoxy groups -OCH3 is 1. The molecule has 2 aromatic carbocycles. The molecule has 0 saturated carbocycles. The lowest BCUT2D eigenvalue weighted by atomic mass is 10.1. The van der Waals surface area contributed by atoms with Crippen LogP contribution in [0.2, 0.25) is 0 Å². The van der Waals surface area contributed by atoms with Crippen molar-refractivity contribution >= 4 is 5.96 Å². The summed E-state index contributed by atoms with van der Waals surface area (Å²) in [6.45, 7) is 5.55. The Morgan fingerprint density at radius 2 is 1.61 bits per heavy atom. The summed E-state index contributed by atoms with van der Waals surface area (Å²) in [5.74, 6) is 1.67. The molecule has 4 nitrogen and oxygen atoms in total. The molecule has 0 aliphatic heterocycles. The van der Waals surface area contributed by atoms with E-state index in [9.17, 15) is 0 Å². The molecule has 0 bridgehead atoms. The zero-order chi connectivity index (χ0) is 16.7. The molecule has 0 aromatic heterocycles. The average molecular weight is 311 g/mol. The minimum absolute atomic E-state index is 0.664. The van der Waals surface area contributed by atoms with Gasteiger partial charge in [-0.3, -0.25) is 4.99 Å². The standard InChI is InChI=1S/C19H25N3O/c1-14-5-8-16(9-6-14)12-21-19(20-3)22-13-17-10-7-15(2)11-18(17)23-4/h5-11H,12-13H2,1-4H3,(H2,20,21,22). The first-order chi connectivity index (χ1) is 11.1. The summed E-state index contributed by atoms with van der Waals surface area (Å²) in [6.07, 6.45) is 0. The van der Waals surface area contributed by atoms with E-state index >= 15 is 0 Å². The van der Waals surface area contributed by atoms with Crippen LogP contribution in [0.3, 0.4) is 0 Å². The molecule has 0 atom stereocenters. The summed E-state index contributed by atoms with van der Waals surface area (Å²) in [7, 11) is 3.47. The first kappa shape index (κ1) is 16.9. The van der Waals surface area contributed by atoms with Gasteiger partial charge in [-0.2, -0.15) is 0 Å². The van der Waals surface area contributed by atoms with Crippen molar-refractivity contribution in [2.45, 2.75) is 26.9 Å². The summed E-state index contributed by atoms with van der Waals surface area (Å²) in [5, 5.41) is 6.64. The van der Waals surface area contributed by atoms with Crippen LogP contribution in [-0.4, -0.2) is 20.1 Å². The van der Waals surface area contributed by atoms with Crippen LogP contribution in [-0.2, 0) is 13.1 Å². The van der Waals surface area contributed by atoms with Crippen LogP contribution in [0.5, 0.6) is 5.75 Å². The maximum Gasteiger partial charge on any atom is 0.191 e. The van der Waals surface area contributed by atoms with Gasteiger partial charge in [0.05, 0.1) is 7.11 Å². The van der Waals surface area contributed by atoms with Gasteiger partial charge >= 0.3 is 0 Å². The molecule has 122 valence electrons. The molecule has 0 amide bonds. The van der Waals surface area contributed by atoms with E-state index < -0.39 is 0 Å². The number of nitrogens with one attached hydrogen (secondary N) is 2. The van der Waals surface area contributed by atoms with Gasteiger partial charge < -0.3 is 15.4 Å². The maximum absolute atomic E-state index is 5.43. The van der Waals surface area contributed by atoms with E-state index in [0.29, 0.717) is 6.54 Å². The molecule has 2 aromatic rings. The molecule has 0 unspecified atom stereocenters. The Bertz CT molecular complexity index is 663. The molecular weight excluding hydrogens is 286 g/mol. The minimum Gasteiger partial charge on any atom is -0.496 e. The first-order valence-corrected chi connectivity index (χ1v) is 7.76. The molecule has 4 heteroatoms. The normalized spacial score (nSPS) is 11.2. The largest absolute Gasteiger partial charge is 0.496 e. The van der Waals surface area contributed by atoms with Gasteiger partial charge in [0, 0.05) is 25.7 Å². The highest BCUT2D eigenvalue weighted by atomic mass is 16.5. The number of benzene rings is 2. The van der Waals surface area contributed by atoms with Crippen LogP contribution >= 0.6 is 0 Å². The summed E-state index contributed by atoms with van der Waals surface area (Å²) in [4.78, 5) is 4.26.